The van der Waals surface area contributed by atoms with Crippen molar-refractivity contribution in [3.63, 3.8) is 0 Å². The van der Waals surface area contributed by atoms with E-state index in [1.165, 1.54) is 76.6 Å². The predicted octanol–water partition coefficient (Wildman–Crippen LogP) is 16.2. The van der Waals surface area contributed by atoms with Crippen molar-refractivity contribution in [3.8, 4) is 11.3 Å². The summed E-state index contributed by atoms with van der Waals surface area (Å²) in [5.74, 6) is 1.10. The SMILES string of the molecule is CCC(CC)C(=O)/C=C(\O)C(CC)CC.CCC(CC)c1cc(-c2nccc3c(C)c([Si](C(CC)CC)(C(CC)CC)C(CC)CC)sc23)[c-]c2ccccc12.[Ir]. The van der Waals surface area contributed by atoms with Crippen LogP contribution < -0.4 is 4.50 Å². The summed E-state index contributed by atoms with van der Waals surface area (Å²) >= 11 is 2.14. The normalized spacial score (nSPS) is 12.4. The fraction of sp³-hybridized carbons (Fsp3) is 0.608. The maximum atomic E-state index is 11.7. The number of aryl methyl sites for hydroxylation is 1. The molecule has 6 heteroatoms. The molecule has 0 aliphatic heterocycles. The van der Waals surface area contributed by atoms with Gasteiger partial charge in [0.2, 0.25) is 0 Å². The van der Waals surface area contributed by atoms with E-state index in [1.807, 2.05) is 27.7 Å². The number of fused-ring (bicyclic) bond motifs is 2. The number of benzene rings is 2. The summed E-state index contributed by atoms with van der Waals surface area (Å²) in [6, 6.07) is 17.4. The average molecular weight is 990 g/mol. The first-order valence-electron chi connectivity index (χ1n) is 22.8. The number of thiophene rings is 1. The zero-order valence-electron chi connectivity index (χ0n) is 38.1. The summed E-state index contributed by atoms with van der Waals surface area (Å²) in [5.41, 5.74) is 7.77. The van der Waals surface area contributed by atoms with Crippen LogP contribution in [0.5, 0.6) is 0 Å². The largest absolute Gasteiger partial charge is 0.512 e. The van der Waals surface area contributed by atoms with Crippen LogP contribution >= 0.6 is 11.3 Å². The monoisotopic (exact) mass is 990 g/mol. The molecule has 2 heterocycles. The summed E-state index contributed by atoms with van der Waals surface area (Å²) in [6.07, 6.45) is 17.1. The maximum Gasteiger partial charge on any atom is 0.162 e. The molecule has 2 aromatic heterocycles. The Hall–Kier alpha value is -2.11. The van der Waals surface area contributed by atoms with Crippen molar-refractivity contribution in [3.05, 3.63) is 71.6 Å². The van der Waals surface area contributed by atoms with Crippen molar-refractivity contribution in [2.75, 3.05) is 0 Å². The minimum Gasteiger partial charge on any atom is -0.512 e. The van der Waals surface area contributed by atoms with Gasteiger partial charge in [-0.05, 0) is 76.7 Å². The number of carbonyl (C=O) groups excluding carboxylic acids is 1. The third-order valence-electron chi connectivity index (χ3n) is 13.8. The number of aromatic nitrogens is 1. The zero-order valence-corrected chi connectivity index (χ0v) is 42.3. The van der Waals surface area contributed by atoms with Gasteiger partial charge in [0.05, 0.1) is 5.76 Å². The van der Waals surface area contributed by atoms with Crippen LogP contribution in [-0.2, 0) is 24.9 Å². The summed E-state index contributed by atoms with van der Waals surface area (Å²) in [4.78, 5) is 16.8. The molecule has 57 heavy (non-hydrogen) atoms. The van der Waals surface area contributed by atoms with Crippen LogP contribution in [0.2, 0.25) is 16.6 Å². The second kappa shape index (κ2) is 24.8. The molecule has 0 bridgehead atoms. The molecule has 319 valence electrons. The van der Waals surface area contributed by atoms with E-state index in [-0.39, 0.29) is 43.5 Å². The number of nitrogens with zero attached hydrogens (tertiary/aromatic N) is 1. The molecule has 1 radical (unpaired) electrons. The average Bonchev–Trinajstić information content (AvgIpc) is 3.56. The summed E-state index contributed by atoms with van der Waals surface area (Å²) in [7, 11) is -1.91. The molecule has 0 saturated carbocycles. The molecule has 4 rings (SSSR count). The molecule has 0 aliphatic carbocycles. The Balaban J connectivity index is 0.000000596. The topological polar surface area (TPSA) is 50.2 Å². The number of ketones is 1. The van der Waals surface area contributed by atoms with Crippen molar-refractivity contribution in [1.82, 2.24) is 4.98 Å². The van der Waals surface area contributed by atoms with Gasteiger partial charge >= 0.3 is 0 Å². The van der Waals surface area contributed by atoms with Crippen molar-refractivity contribution < 1.29 is 30.0 Å². The van der Waals surface area contributed by atoms with Gasteiger partial charge in [-0.3, -0.25) is 9.78 Å². The number of rotatable bonds is 21. The van der Waals surface area contributed by atoms with Crippen molar-refractivity contribution in [2.45, 2.75) is 190 Å². The van der Waals surface area contributed by atoms with Gasteiger partial charge in [-0.25, -0.2) is 0 Å². The van der Waals surface area contributed by atoms with Gasteiger partial charge in [0.1, 0.15) is 8.07 Å². The van der Waals surface area contributed by atoms with E-state index in [1.54, 1.807) is 10.1 Å². The molecule has 0 spiro atoms. The van der Waals surface area contributed by atoms with Crippen LogP contribution in [0.15, 0.2) is 54.4 Å². The van der Waals surface area contributed by atoms with E-state index in [9.17, 15) is 9.90 Å². The number of pyridine rings is 1. The van der Waals surface area contributed by atoms with Crippen LogP contribution in [0.25, 0.3) is 32.1 Å². The number of aliphatic hydroxyl groups is 1. The number of hydrogen-bond donors (Lipinski definition) is 1. The maximum absolute atomic E-state index is 11.7. The number of aliphatic hydroxyl groups excluding tert-OH is 1. The number of hydrogen-bond acceptors (Lipinski definition) is 4. The number of allylic oxidation sites excluding steroid dienone is 2. The third-order valence-corrected chi connectivity index (χ3v) is 24.0. The van der Waals surface area contributed by atoms with Crippen LogP contribution in [0, 0.1) is 24.8 Å². The molecule has 0 unspecified atom stereocenters. The summed E-state index contributed by atoms with van der Waals surface area (Å²) in [5, 5.41) is 13.8. The second-order valence-corrected chi connectivity index (χ2v) is 22.5. The molecule has 3 nitrogen and oxygen atoms in total. The summed E-state index contributed by atoms with van der Waals surface area (Å²) < 4.78 is 3.18. The van der Waals surface area contributed by atoms with Crippen molar-refractivity contribution in [1.29, 1.82) is 0 Å². The molecule has 0 aliphatic rings. The Morgan fingerprint density at radius 2 is 1.23 bits per heavy atom. The third kappa shape index (κ3) is 11.0. The quantitative estimate of drug-likeness (QED) is 0.0392. The Labute approximate surface area is 367 Å². The van der Waals surface area contributed by atoms with Gasteiger partial charge in [-0.2, -0.15) is 11.3 Å². The molecule has 4 aromatic rings. The van der Waals surface area contributed by atoms with Crippen molar-refractivity contribution >= 4 is 50.6 Å². The first-order chi connectivity index (χ1) is 27.0. The molecule has 0 saturated heterocycles. The van der Waals surface area contributed by atoms with E-state index in [2.05, 4.69) is 122 Å². The molecule has 0 atom stereocenters. The molecule has 1 N–H and O–H groups in total. The van der Waals surface area contributed by atoms with Crippen LogP contribution in [-0.4, -0.2) is 23.9 Å². The zero-order chi connectivity index (χ0) is 41.6. The number of carbonyl (C=O) groups is 1. The van der Waals surface area contributed by atoms with E-state index >= 15 is 0 Å². The van der Waals surface area contributed by atoms with E-state index in [0.29, 0.717) is 5.92 Å². The van der Waals surface area contributed by atoms with Gasteiger partial charge < -0.3 is 5.11 Å². The minimum absolute atomic E-state index is 0. The van der Waals surface area contributed by atoms with Gasteiger partial charge in [0.15, 0.2) is 5.78 Å². The minimum atomic E-state index is -1.91. The van der Waals surface area contributed by atoms with Crippen LogP contribution in [0.4, 0.5) is 0 Å². The van der Waals surface area contributed by atoms with Gasteiger partial charge in [0.25, 0.3) is 0 Å². The van der Waals surface area contributed by atoms with Crippen LogP contribution in [0.3, 0.4) is 0 Å². The van der Waals surface area contributed by atoms with Crippen LogP contribution in [0.1, 0.15) is 177 Å². The molecular formula is C51H78IrNO2SSi-. The Morgan fingerprint density at radius 1 is 0.719 bits per heavy atom. The first-order valence-corrected chi connectivity index (χ1v) is 25.8. The smallest absolute Gasteiger partial charge is 0.162 e. The van der Waals surface area contributed by atoms with Crippen molar-refractivity contribution in [2.24, 2.45) is 11.8 Å². The fourth-order valence-electron chi connectivity index (χ4n) is 10.4. The predicted molar refractivity (Wildman–Crippen MR) is 252 cm³/mol. The Morgan fingerprint density at radius 3 is 1.70 bits per heavy atom. The Bertz CT molecular complexity index is 1790. The standard InChI is InChI=1S/C38H54NSSi.C13H24O2.Ir/c1-10-27(11-2)35-25-29(24-28-20-18-19-21-34(28)35)36-37-33(22-23-39-36)26(9)38(40-37)41(30(12-3)13-4,31(14-5)15-6)32(16-7)17-8;1-5-10(6-2)12(14)9-13(15)11(7-3)8-4;/h18-23,25,27,30-32H,10-17H2,1-9H3;9-11,14H,5-8H2,1-4H3;/q-1;;/b;12-9-;. The van der Waals surface area contributed by atoms with E-state index < -0.39 is 8.07 Å². The molecule has 2 aromatic carbocycles. The van der Waals surface area contributed by atoms with E-state index in [4.69, 9.17) is 4.98 Å². The molecule has 0 fully saturated rings. The van der Waals surface area contributed by atoms with Gasteiger partial charge in [0, 0.05) is 54.6 Å². The summed E-state index contributed by atoms with van der Waals surface area (Å²) in [6.45, 7) is 30.0. The van der Waals surface area contributed by atoms with E-state index in [0.717, 1.165) is 60.8 Å². The fourth-order valence-corrected chi connectivity index (χ4v) is 22.0. The molecule has 0 amide bonds. The second-order valence-electron chi connectivity index (χ2n) is 16.3. The Kier molecular flexibility index (Phi) is 22.2. The van der Waals surface area contributed by atoms with Gasteiger partial charge in [-0.15, -0.1) is 29.1 Å². The first kappa shape index (κ1) is 51.0. The van der Waals surface area contributed by atoms with Gasteiger partial charge in [-0.1, -0.05) is 164 Å². The molecular weight excluding hydrogens is 911 g/mol.